The van der Waals surface area contributed by atoms with Crippen molar-refractivity contribution in [3.05, 3.63) is 34.5 Å². The summed E-state index contributed by atoms with van der Waals surface area (Å²) in [4.78, 5) is 23.5. The van der Waals surface area contributed by atoms with Crippen molar-refractivity contribution in [2.24, 2.45) is 4.99 Å². The molecule has 140 valence electrons. The first-order valence-corrected chi connectivity index (χ1v) is 9.64. The Morgan fingerprint density at radius 1 is 1.50 bits per heavy atom. The topological polar surface area (TPSA) is 87.4 Å². The van der Waals surface area contributed by atoms with Gasteiger partial charge >= 0.3 is 0 Å². The molecule has 1 unspecified atom stereocenters. The molecule has 2 aromatic rings. The highest BCUT2D eigenvalue weighted by molar-refractivity contribution is 7.09. The second kappa shape index (κ2) is 8.79. The van der Waals surface area contributed by atoms with Gasteiger partial charge in [-0.15, -0.1) is 11.3 Å². The van der Waals surface area contributed by atoms with Gasteiger partial charge in [0, 0.05) is 38.0 Å². The van der Waals surface area contributed by atoms with E-state index in [2.05, 4.69) is 43.2 Å². The molecule has 0 saturated heterocycles. The lowest BCUT2D eigenvalue weighted by Crippen LogP contribution is -2.48. The summed E-state index contributed by atoms with van der Waals surface area (Å²) in [6.07, 6.45) is 4.38. The molecule has 3 heterocycles. The summed E-state index contributed by atoms with van der Waals surface area (Å²) in [5, 5.41) is 13.1. The number of carbonyl (C=O) groups excluding carboxylic acids is 1. The average molecular weight is 376 g/mol. The van der Waals surface area contributed by atoms with Gasteiger partial charge in [0.25, 0.3) is 0 Å². The molecule has 2 aromatic heterocycles. The summed E-state index contributed by atoms with van der Waals surface area (Å²) >= 11 is 1.75. The van der Waals surface area contributed by atoms with E-state index in [1.54, 1.807) is 36.7 Å². The summed E-state index contributed by atoms with van der Waals surface area (Å²) < 4.78 is 1.93. The van der Waals surface area contributed by atoms with Gasteiger partial charge in [0.15, 0.2) is 5.96 Å². The third-order valence-electron chi connectivity index (χ3n) is 4.26. The Morgan fingerprint density at radius 2 is 2.38 bits per heavy atom. The summed E-state index contributed by atoms with van der Waals surface area (Å²) in [6.45, 7) is 1.65. The summed E-state index contributed by atoms with van der Waals surface area (Å²) in [5.41, 5.74) is 0. The Morgan fingerprint density at radius 3 is 3.15 bits per heavy atom. The molecule has 8 nitrogen and oxygen atoms in total. The molecule has 1 atom stereocenters. The number of hydrogen-bond donors (Lipinski definition) is 2. The van der Waals surface area contributed by atoms with Gasteiger partial charge in [0.1, 0.15) is 18.7 Å². The predicted octanol–water partition coefficient (Wildman–Crippen LogP) is 0.521. The molecule has 0 radical (unpaired) electrons. The van der Waals surface area contributed by atoms with Crippen LogP contribution in [-0.4, -0.2) is 64.8 Å². The number of rotatable bonds is 6. The van der Waals surface area contributed by atoms with E-state index in [1.807, 2.05) is 4.68 Å². The standard InChI is InChI=1S/C17H25N7OS/c1-23(2)16(25)10-19-17(18-8-7-14-4-3-9-26-14)22-13-5-6-15-20-12-21-24(15)11-13/h3-4,9,12-13H,5-8,10-11H2,1-2H3,(H2,18,19,22). The van der Waals surface area contributed by atoms with Crippen LogP contribution in [0.1, 0.15) is 17.1 Å². The molecule has 1 aliphatic rings. The van der Waals surface area contributed by atoms with Crippen molar-refractivity contribution in [1.82, 2.24) is 30.3 Å². The van der Waals surface area contributed by atoms with Crippen LogP contribution in [0.2, 0.25) is 0 Å². The van der Waals surface area contributed by atoms with Crippen molar-refractivity contribution in [3.8, 4) is 0 Å². The van der Waals surface area contributed by atoms with Crippen LogP contribution in [-0.2, 0) is 24.2 Å². The second-order valence-corrected chi connectivity index (χ2v) is 7.48. The van der Waals surface area contributed by atoms with Crippen LogP contribution in [0.25, 0.3) is 0 Å². The van der Waals surface area contributed by atoms with Gasteiger partial charge in [-0.3, -0.25) is 4.79 Å². The van der Waals surface area contributed by atoms with Crippen LogP contribution in [0.15, 0.2) is 28.8 Å². The van der Waals surface area contributed by atoms with Gasteiger partial charge in [-0.05, 0) is 24.3 Å². The highest BCUT2D eigenvalue weighted by Gasteiger charge is 2.20. The lowest BCUT2D eigenvalue weighted by atomic mass is 10.1. The molecule has 1 aliphatic heterocycles. The van der Waals surface area contributed by atoms with Gasteiger partial charge in [0.2, 0.25) is 5.91 Å². The van der Waals surface area contributed by atoms with Crippen LogP contribution in [0.4, 0.5) is 0 Å². The maximum Gasteiger partial charge on any atom is 0.243 e. The number of guanidine groups is 1. The number of thiophene rings is 1. The van der Waals surface area contributed by atoms with Crippen molar-refractivity contribution in [3.63, 3.8) is 0 Å². The van der Waals surface area contributed by atoms with Crippen LogP contribution >= 0.6 is 11.3 Å². The van der Waals surface area contributed by atoms with Crippen molar-refractivity contribution in [2.45, 2.75) is 31.8 Å². The minimum Gasteiger partial charge on any atom is -0.356 e. The van der Waals surface area contributed by atoms with Gasteiger partial charge in [-0.2, -0.15) is 5.10 Å². The zero-order chi connectivity index (χ0) is 18.4. The van der Waals surface area contributed by atoms with E-state index in [-0.39, 0.29) is 18.5 Å². The molecular formula is C17H25N7OS. The van der Waals surface area contributed by atoms with Crippen molar-refractivity contribution < 1.29 is 4.79 Å². The third-order valence-corrected chi connectivity index (χ3v) is 5.20. The molecular weight excluding hydrogens is 350 g/mol. The molecule has 9 heteroatoms. The summed E-state index contributed by atoms with van der Waals surface area (Å²) in [7, 11) is 3.48. The fourth-order valence-corrected chi connectivity index (χ4v) is 3.46. The number of aliphatic imine (C=N–C) groups is 1. The molecule has 0 spiro atoms. The van der Waals surface area contributed by atoms with Crippen LogP contribution in [0.3, 0.4) is 0 Å². The number of nitrogens with one attached hydrogen (secondary N) is 2. The first-order chi connectivity index (χ1) is 12.6. The average Bonchev–Trinajstić information content (AvgIpc) is 3.30. The first kappa shape index (κ1) is 18.4. The highest BCUT2D eigenvalue weighted by Crippen LogP contribution is 2.11. The van der Waals surface area contributed by atoms with Crippen LogP contribution in [0.5, 0.6) is 0 Å². The molecule has 0 aliphatic carbocycles. The maximum atomic E-state index is 11.9. The first-order valence-electron chi connectivity index (χ1n) is 8.76. The normalized spacial score (nSPS) is 16.8. The molecule has 0 aromatic carbocycles. The van der Waals surface area contributed by atoms with E-state index in [1.165, 1.54) is 4.88 Å². The molecule has 3 rings (SSSR count). The summed E-state index contributed by atoms with van der Waals surface area (Å²) in [5.74, 6) is 1.67. The van der Waals surface area contributed by atoms with E-state index >= 15 is 0 Å². The largest absolute Gasteiger partial charge is 0.356 e. The lowest BCUT2D eigenvalue weighted by molar-refractivity contribution is -0.127. The molecule has 26 heavy (non-hydrogen) atoms. The zero-order valence-electron chi connectivity index (χ0n) is 15.2. The van der Waals surface area contributed by atoms with Gasteiger partial charge in [-0.1, -0.05) is 6.07 Å². The monoisotopic (exact) mass is 375 g/mol. The predicted molar refractivity (Wildman–Crippen MR) is 102 cm³/mol. The fraction of sp³-hybridized carbons (Fsp3) is 0.529. The third kappa shape index (κ3) is 5.04. The Labute approximate surface area is 157 Å². The number of nitrogens with zero attached hydrogens (tertiary/aromatic N) is 5. The SMILES string of the molecule is CN(C)C(=O)CN=C(NCCc1cccs1)NC1CCc2ncnn2C1. The Hall–Kier alpha value is -2.42. The molecule has 2 N–H and O–H groups in total. The van der Waals surface area contributed by atoms with E-state index in [0.717, 1.165) is 38.2 Å². The van der Waals surface area contributed by atoms with Gasteiger partial charge in [0.05, 0.1) is 6.54 Å². The number of amides is 1. The van der Waals surface area contributed by atoms with E-state index in [4.69, 9.17) is 0 Å². The quantitative estimate of drug-likeness (QED) is 0.568. The van der Waals surface area contributed by atoms with Crippen molar-refractivity contribution in [1.29, 1.82) is 0 Å². The van der Waals surface area contributed by atoms with Gasteiger partial charge in [-0.25, -0.2) is 14.7 Å². The number of hydrogen-bond acceptors (Lipinski definition) is 5. The van der Waals surface area contributed by atoms with Crippen molar-refractivity contribution in [2.75, 3.05) is 27.2 Å². The fourth-order valence-electron chi connectivity index (χ4n) is 2.75. The maximum absolute atomic E-state index is 11.9. The molecule has 0 fully saturated rings. The Bertz CT molecular complexity index is 738. The van der Waals surface area contributed by atoms with E-state index in [9.17, 15) is 4.79 Å². The van der Waals surface area contributed by atoms with Crippen LogP contribution in [0, 0.1) is 0 Å². The van der Waals surface area contributed by atoms with E-state index in [0.29, 0.717) is 5.96 Å². The minimum absolute atomic E-state index is 0.0217. The smallest absolute Gasteiger partial charge is 0.243 e. The number of carbonyl (C=O) groups is 1. The van der Waals surface area contributed by atoms with Crippen LogP contribution < -0.4 is 10.6 Å². The molecule has 0 bridgehead atoms. The van der Waals surface area contributed by atoms with E-state index < -0.39 is 0 Å². The molecule has 1 amide bonds. The second-order valence-electron chi connectivity index (χ2n) is 6.45. The Balaban J connectivity index is 1.58. The number of likely N-dealkylation sites (N-methyl/N-ethyl adjacent to an activating group) is 1. The molecule has 0 saturated carbocycles. The Kier molecular flexibility index (Phi) is 6.21. The highest BCUT2D eigenvalue weighted by atomic mass is 32.1. The van der Waals surface area contributed by atoms with Crippen molar-refractivity contribution >= 4 is 23.2 Å². The minimum atomic E-state index is -0.0217. The van der Waals surface area contributed by atoms with Gasteiger partial charge < -0.3 is 15.5 Å². The number of aromatic nitrogens is 3. The zero-order valence-corrected chi connectivity index (χ0v) is 16.0. The number of fused-ring (bicyclic) bond motifs is 1. The number of aryl methyl sites for hydroxylation is 1. The summed E-state index contributed by atoms with van der Waals surface area (Å²) in [6, 6.07) is 4.40. The lowest BCUT2D eigenvalue weighted by Gasteiger charge is -2.25.